The lowest BCUT2D eigenvalue weighted by atomic mass is 10.2. The SMILES string of the molecule is C#CCOc1cc(Br)c(/C=N\NC(=O)c2ccc(Cl)cc2)cc1OC. The number of terminal acetylenes is 1. The second kappa shape index (κ2) is 9.11. The van der Waals surface area contributed by atoms with Crippen LogP contribution in [0.3, 0.4) is 0 Å². The third-order valence-corrected chi connectivity index (χ3v) is 4.01. The van der Waals surface area contributed by atoms with Crippen molar-refractivity contribution < 1.29 is 14.3 Å². The highest BCUT2D eigenvalue weighted by Gasteiger charge is 2.09. The van der Waals surface area contributed by atoms with Gasteiger partial charge in [-0.25, -0.2) is 5.43 Å². The standard InChI is InChI=1S/C18H14BrClN2O3/c1-3-8-25-17-10-15(19)13(9-16(17)24-2)11-21-22-18(23)12-4-6-14(20)7-5-12/h1,4-7,9-11H,8H2,2H3,(H,22,23)/b21-11-. The molecule has 0 heterocycles. The number of benzene rings is 2. The zero-order chi connectivity index (χ0) is 18.2. The van der Waals surface area contributed by atoms with Crippen LogP contribution in [0, 0.1) is 12.3 Å². The van der Waals surface area contributed by atoms with Gasteiger partial charge in [0.05, 0.1) is 13.3 Å². The molecule has 5 nitrogen and oxygen atoms in total. The topological polar surface area (TPSA) is 59.9 Å². The van der Waals surface area contributed by atoms with Gasteiger partial charge in [0.1, 0.15) is 6.61 Å². The molecule has 1 N–H and O–H groups in total. The van der Waals surface area contributed by atoms with E-state index in [9.17, 15) is 4.79 Å². The highest BCUT2D eigenvalue weighted by atomic mass is 79.9. The van der Waals surface area contributed by atoms with Crippen molar-refractivity contribution in [3.8, 4) is 23.8 Å². The van der Waals surface area contributed by atoms with Crippen LogP contribution in [0.5, 0.6) is 11.5 Å². The fourth-order valence-corrected chi connectivity index (χ4v) is 2.42. The van der Waals surface area contributed by atoms with E-state index in [1.165, 1.54) is 13.3 Å². The Morgan fingerprint density at radius 1 is 1.36 bits per heavy atom. The third-order valence-electron chi connectivity index (χ3n) is 3.07. The number of methoxy groups -OCH3 is 1. The van der Waals surface area contributed by atoms with Crippen molar-refractivity contribution in [2.45, 2.75) is 0 Å². The van der Waals surface area contributed by atoms with Gasteiger partial charge in [-0.3, -0.25) is 4.79 Å². The van der Waals surface area contributed by atoms with E-state index in [0.717, 1.165) is 0 Å². The Balaban J connectivity index is 2.11. The Bertz CT molecular complexity index is 829. The first-order chi connectivity index (χ1) is 12.0. The number of halogens is 2. The maximum Gasteiger partial charge on any atom is 0.271 e. The van der Waals surface area contributed by atoms with Crippen LogP contribution >= 0.6 is 27.5 Å². The molecule has 0 saturated heterocycles. The van der Waals surface area contributed by atoms with Crippen LogP contribution in [0.1, 0.15) is 15.9 Å². The maximum absolute atomic E-state index is 12.0. The van der Waals surface area contributed by atoms with Crippen molar-refractivity contribution in [3.05, 3.63) is 57.0 Å². The molecular weight excluding hydrogens is 408 g/mol. The monoisotopic (exact) mass is 420 g/mol. The van der Waals surface area contributed by atoms with Gasteiger partial charge in [-0.1, -0.05) is 17.5 Å². The smallest absolute Gasteiger partial charge is 0.271 e. The van der Waals surface area contributed by atoms with Crippen LogP contribution in [0.25, 0.3) is 0 Å². The summed E-state index contributed by atoms with van der Waals surface area (Å²) in [5.74, 6) is 3.06. The summed E-state index contributed by atoms with van der Waals surface area (Å²) >= 11 is 9.21. The molecule has 128 valence electrons. The number of nitrogens with zero attached hydrogens (tertiary/aromatic N) is 1. The van der Waals surface area contributed by atoms with Gasteiger partial charge in [-0.05, 0) is 52.3 Å². The fraction of sp³-hybridized carbons (Fsp3) is 0.111. The number of carbonyl (C=O) groups excluding carboxylic acids is 1. The first-order valence-electron chi connectivity index (χ1n) is 7.08. The summed E-state index contributed by atoms with van der Waals surface area (Å²) in [6.07, 6.45) is 6.68. The molecule has 1 amide bonds. The Kier molecular flexibility index (Phi) is 6.87. The normalized spacial score (nSPS) is 10.3. The van der Waals surface area contributed by atoms with Crippen molar-refractivity contribution >= 4 is 39.7 Å². The summed E-state index contributed by atoms with van der Waals surface area (Å²) in [7, 11) is 1.52. The number of rotatable bonds is 6. The van der Waals surface area contributed by atoms with Gasteiger partial charge in [0.25, 0.3) is 5.91 Å². The van der Waals surface area contributed by atoms with E-state index in [0.29, 0.717) is 32.1 Å². The van der Waals surface area contributed by atoms with Gasteiger partial charge in [-0.2, -0.15) is 5.10 Å². The number of hydrogen-bond donors (Lipinski definition) is 1. The van der Waals surface area contributed by atoms with Gasteiger partial charge in [0.15, 0.2) is 11.5 Å². The number of nitrogens with one attached hydrogen (secondary N) is 1. The minimum Gasteiger partial charge on any atom is -0.493 e. The minimum absolute atomic E-state index is 0.132. The molecule has 25 heavy (non-hydrogen) atoms. The maximum atomic E-state index is 12.0. The molecule has 0 radical (unpaired) electrons. The summed E-state index contributed by atoms with van der Waals surface area (Å²) in [4.78, 5) is 12.0. The molecule has 0 aliphatic rings. The summed E-state index contributed by atoms with van der Waals surface area (Å²) in [5.41, 5.74) is 3.60. The molecule has 0 saturated carbocycles. The molecule has 0 fully saturated rings. The van der Waals surface area contributed by atoms with Gasteiger partial charge in [0.2, 0.25) is 0 Å². The first-order valence-corrected chi connectivity index (χ1v) is 8.25. The van der Waals surface area contributed by atoms with Crippen LogP contribution in [0.15, 0.2) is 46.0 Å². The Morgan fingerprint density at radius 3 is 2.72 bits per heavy atom. The van der Waals surface area contributed by atoms with Crippen molar-refractivity contribution in [2.75, 3.05) is 13.7 Å². The molecule has 2 rings (SSSR count). The van der Waals surface area contributed by atoms with Gasteiger partial charge < -0.3 is 9.47 Å². The minimum atomic E-state index is -0.343. The molecule has 0 aliphatic heterocycles. The van der Waals surface area contributed by atoms with E-state index >= 15 is 0 Å². The van der Waals surface area contributed by atoms with E-state index in [2.05, 4.69) is 32.4 Å². The molecule has 2 aromatic rings. The lowest BCUT2D eigenvalue weighted by Gasteiger charge is -2.10. The summed E-state index contributed by atoms with van der Waals surface area (Å²) in [6, 6.07) is 9.94. The van der Waals surface area contributed by atoms with Crippen LogP contribution in [0.4, 0.5) is 0 Å². The lowest BCUT2D eigenvalue weighted by Crippen LogP contribution is -2.17. The van der Waals surface area contributed by atoms with E-state index in [1.54, 1.807) is 36.4 Å². The summed E-state index contributed by atoms with van der Waals surface area (Å²) < 4.78 is 11.4. The van der Waals surface area contributed by atoms with Gasteiger partial charge in [-0.15, -0.1) is 6.42 Å². The van der Waals surface area contributed by atoms with Crippen molar-refractivity contribution in [3.63, 3.8) is 0 Å². The Labute approximate surface area is 159 Å². The number of ether oxygens (including phenoxy) is 2. The summed E-state index contributed by atoms with van der Waals surface area (Å²) in [6.45, 7) is 0.132. The zero-order valence-corrected chi connectivity index (χ0v) is 15.6. The van der Waals surface area contributed by atoms with E-state index in [1.807, 2.05) is 0 Å². The number of hydrazone groups is 1. The molecule has 0 bridgehead atoms. The molecule has 0 unspecified atom stereocenters. The first kappa shape index (κ1) is 18.8. The Morgan fingerprint density at radius 2 is 2.08 bits per heavy atom. The molecule has 0 atom stereocenters. The van der Waals surface area contributed by atoms with Crippen molar-refractivity contribution in [1.82, 2.24) is 5.43 Å². The van der Waals surface area contributed by atoms with E-state index < -0.39 is 0 Å². The molecule has 7 heteroatoms. The lowest BCUT2D eigenvalue weighted by molar-refractivity contribution is 0.0955. The second-order valence-corrected chi connectivity index (χ2v) is 6.01. The van der Waals surface area contributed by atoms with Crippen LogP contribution in [-0.2, 0) is 0 Å². The third kappa shape index (κ3) is 5.24. The number of carbonyl (C=O) groups is 1. The highest BCUT2D eigenvalue weighted by Crippen LogP contribution is 2.32. The largest absolute Gasteiger partial charge is 0.493 e. The predicted molar refractivity (Wildman–Crippen MR) is 102 cm³/mol. The predicted octanol–water partition coefficient (Wildman–Crippen LogP) is 3.89. The van der Waals surface area contributed by atoms with E-state index in [-0.39, 0.29) is 12.5 Å². The van der Waals surface area contributed by atoms with Crippen LogP contribution in [-0.4, -0.2) is 25.8 Å². The molecule has 0 spiro atoms. The Hall–Kier alpha value is -2.49. The fourth-order valence-electron chi connectivity index (χ4n) is 1.87. The van der Waals surface area contributed by atoms with Crippen molar-refractivity contribution in [2.24, 2.45) is 5.10 Å². The molecule has 0 aromatic heterocycles. The highest BCUT2D eigenvalue weighted by molar-refractivity contribution is 9.10. The average Bonchev–Trinajstić information content (AvgIpc) is 2.61. The number of amides is 1. The van der Waals surface area contributed by atoms with Gasteiger partial charge >= 0.3 is 0 Å². The quantitative estimate of drug-likeness (QED) is 0.437. The van der Waals surface area contributed by atoms with Crippen LogP contribution < -0.4 is 14.9 Å². The van der Waals surface area contributed by atoms with Crippen LogP contribution in [0.2, 0.25) is 5.02 Å². The zero-order valence-electron chi connectivity index (χ0n) is 13.3. The molecular formula is C18H14BrClN2O3. The van der Waals surface area contributed by atoms with E-state index in [4.69, 9.17) is 27.5 Å². The molecule has 2 aromatic carbocycles. The number of hydrogen-bond acceptors (Lipinski definition) is 4. The van der Waals surface area contributed by atoms with Crippen molar-refractivity contribution in [1.29, 1.82) is 0 Å². The molecule has 0 aliphatic carbocycles. The second-order valence-electron chi connectivity index (χ2n) is 4.72. The summed E-state index contributed by atoms with van der Waals surface area (Å²) in [5, 5.41) is 4.51. The average molecular weight is 422 g/mol. The van der Waals surface area contributed by atoms with Gasteiger partial charge in [0, 0.05) is 20.6 Å².